The molecule has 20 heavy (non-hydrogen) atoms. The fourth-order valence-electron chi connectivity index (χ4n) is 1.67. The van der Waals surface area contributed by atoms with Crippen molar-refractivity contribution in [3.63, 3.8) is 0 Å². The normalized spacial score (nSPS) is 10.7. The number of ether oxygens (including phenoxy) is 1. The molecule has 0 bridgehead atoms. The molecular weight excluding hydrogens is 300 g/mol. The Bertz CT molecular complexity index is 803. The number of hydrogen-bond donors (Lipinski definition) is 1. The van der Waals surface area contributed by atoms with Crippen LogP contribution in [0.2, 0.25) is 5.15 Å². The van der Waals surface area contributed by atoms with Gasteiger partial charge in [0.1, 0.15) is 5.75 Å². The van der Waals surface area contributed by atoms with E-state index < -0.39 is 5.97 Å². The van der Waals surface area contributed by atoms with Gasteiger partial charge in [-0.25, -0.2) is 4.79 Å². The number of benzene rings is 1. The zero-order chi connectivity index (χ0) is 14.1. The summed E-state index contributed by atoms with van der Waals surface area (Å²) in [6.07, 6.45) is 1.55. The average molecular weight is 307 g/mol. The molecule has 0 saturated heterocycles. The van der Waals surface area contributed by atoms with Gasteiger partial charge in [-0.3, -0.25) is 4.98 Å². The Morgan fingerprint density at radius 2 is 2.15 bits per heavy atom. The number of hydrogen-bond acceptors (Lipinski definition) is 5. The molecule has 2 heterocycles. The summed E-state index contributed by atoms with van der Waals surface area (Å²) in [6.45, 7) is 0. The molecule has 0 radical (unpaired) electrons. The maximum absolute atomic E-state index is 10.9. The number of pyridine rings is 1. The number of halogens is 1. The maximum atomic E-state index is 10.9. The van der Waals surface area contributed by atoms with Crippen LogP contribution in [0, 0.1) is 0 Å². The summed E-state index contributed by atoms with van der Waals surface area (Å²) in [4.78, 5) is 18.9. The van der Waals surface area contributed by atoms with E-state index in [0.717, 1.165) is 22.2 Å². The topological polar surface area (TPSA) is 72.3 Å². The highest BCUT2D eigenvalue weighted by Crippen LogP contribution is 2.32. The van der Waals surface area contributed by atoms with Crippen LogP contribution in [0.15, 0.2) is 36.5 Å². The summed E-state index contributed by atoms with van der Waals surface area (Å²) in [7, 11) is 0. The third kappa shape index (κ3) is 2.43. The van der Waals surface area contributed by atoms with Crippen molar-refractivity contribution >= 4 is 39.8 Å². The molecule has 0 aliphatic carbocycles. The first-order valence-corrected chi connectivity index (χ1v) is 6.75. The Hall–Kier alpha value is -2.18. The van der Waals surface area contributed by atoms with Crippen LogP contribution >= 0.6 is 22.9 Å². The third-order valence-electron chi connectivity index (χ3n) is 2.53. The predicted octanol–water partition coefficient (Wildman–Crippen LogP) is 3.84. The molecule has 100 valence electrons. The molecule has 2 aromatic heterocycles. The number of carboxylic acid groups (broad SMARTS) is 1. The number of rotatable bonds is 3. The summed E-state index contributed by atoms with van der Waals surface area (Å²) in [5.41, 5.74) is 0.850. The molecule has 0 aliphatic rings. The maximum Gasteiger partial charge on any atom is 0.349 e. The average Bonchev–Trinajstić information content (AvgIpc) is 2.79. The lowest BCUT2D eigenvalue weighted by Gasteiger charge is -2.02. The Labute approximate surface area is 122 Å². The Balaban J connectivity index is 1.92. The van der Waals surface area contributed by atoms with Gasteiger partial charge in [0, 0.05) is 5.39 Å². The lowest BCUT2D eigenvalue weighted by molar-refractivity contribution is 0.0702. The van der Waals surface area contributed by atoms with E-state index in [0.29, 0.717) is 5.75 Å². The standard InChI is InChI=1S/C13H7ClN2O3S/c14-11-10(12(17)18)20-13(16-11)19-8-5-7-3-1-2-4-9(7)15-6-8/h1-6H,(H,17,18). The molecule has 5 nitrogen and oxygen atoms in total. The van der Waals surface area contributed by atoms with Crippen LogP contribution in [0.1, 0.15) is 9.67 Å². The number of thiazole rings is 1. The van der Waals surface area contributed by atoms with Crippen LogP contribution in [0.25, 0.3) is 10.9 Å². The van der Waals surface area contributed by atoms with Crippen LogP contribution < -0.4 is 4.74 Å². The van der Waals surface area contributed by atoms with Gasteiger partial charge in [0.25, 0.3) is 5.19 Å². The number of carboxylic acids is 1. The van der Waals surface area contributed by atoms with Crippen molar-refractivity contribution in [1.29, 1.82) is 0 Å². The minimum atomic E-state index is -1.13. The first-order valence-electron chi connectivity index (χ1n) is 5.56. The monoisotopic (exact) mass is 306 g/mol. The molecule has 3 rings (SSSR count). The van der Waals surface area contributed by atoms with Gasteiger partial charge in [-0.05, 0) is 12.1 Å². The van der Waals surface area contributed by atoms with E-state index in [1.54, 1.807) is 12.3 Å². The fraction of sp³-hybridized carbons (Fsp3) is 0. The second-order valence-corrected chi connectivity index (χ2v) is 5.19. The highest BCUT2D eigenvalue weighted by molar-refractivity contribution is 7.15. The lowest BCUT2D eigenvalue weighted by atomic mass is 10.2. The molecule has 0 amide bonds. The minimum Gasteiger partial charge on any atom is -0.477 e. The number of para-hydroxylation sites is 1. The van der Waals surface area contributed by atoms with Crippen LogP contribution in [-0.2, 0) is 0 Å². The summed E-state index contributed by atoms with van der Waals surface area (Å²) >= 11 is 6.60. The van der Waals surface area contributed by atoms with Crippen molar-refractivity contribution in [2.75, 3.05) is 0 Å². The zero-order valence-electron chi connectivity index (χ0n) is 9.91. The minimum absolute atomic E-state index is 0.0459. The Morgan fingerprint density at radius 3 is 2.90 bits per heavy atom. The van der Waals surface area contributed by atoms with Crippen molar-refractivity contribution in [3.05, 3.63) is 46.6 Å². The fourth-order valence-corrected chi connectivity index (χ4v) is 2.66. The molecule has 1 N–H and O–H groups in total. The summed E-state index contributed by atoms with van der Waals surface area (Å²) in [5.74, 6) is -0.648. The first-order chi connectivity index (χ1) is 9.63. The molecule has 0 aliphatic heterocycles. The van der Waals surface area contributed by atoms with Crippen molar-refractivity contribution in [3.8, 4) is 10.9 Å². The number of carbonyl (C=O) groups is 1. The smallest absolute Gasteiger partial charge is 0.349 e. The van der Waals surface area contributed by atoms with E-state index >= 15 is 0 Å². The zero-order valence-corrected chi connectivity index (χ0v) is 11.5. The van der Waals surface area contributed by atoms with Crippen molar-refractivity contribution < 1.29 is 14.6 Å². The first kappa shape index (κ1) is 12.8. The molecule has 0 atom stereocenters. The van der Waals surface area contributed by atoms with Gasteiger partial charge in [-0.2, -0.15) is 4.98 Å². The largest absolute Gasteiger partial charge is 0.477 e. The molecule has 0 unspecified atom stereocenters. The van der Waals surface area contributed by atoms with Gasteiger partial charge in [-0.15, -0.1) is 0 Å². The highest BCUT2D eigenvalue weighted by atomic mass is 35.5. The number of aromatic carboxylic acids is 1. The second-order valence-electron chi connectivity index (χ2n) is 3.87. The van der Waals surface area contributed by atoms with Crippen LogP contribution in [0.4, 0.5) is 0 Å². The summed E-state index contributed by atoms with van der Waals surface area (Å²) < 4.78 is 5.50. The molecule has 7 heteroatoms. The molecule has 0 saturated carbocycles. The van der Waals surface area contributed by atoms with Gasteiger partial charge in [0.2, 0.25) is 0 Å². The number of fused-ring (bicyclic) bond motifs is 1. The molecule has 0 spiro atoms. The van der Waals surface area contributed by atoms with E-state index in [4.69, 9.17) is 21.4 Å². The summed E-state index contributed by atoms with van der Waals surface area (Å²) in [5, 5.41) is 9.92. The van der Waals surface area contributed by atoms with Gasteiger partial charge < -0.3 is 9.84 Å². The Kier molecular flexibility index (Phi) is 3.25. The van der Waals surface area contributed by atoms with E-state index in [9.17, 15) is 4.79 Å². The number of nitrogens with zero attached hydrogens (tertiary/aromatic N) is 2. The Morgan fingerprint density at radius 1 is 1.35 bits per heavy atom. The second kappa shape index (κ2) is 5.07. The predicted molar refractivity (Wildman–Crippen MR) is 75.9 cm³/mol. The number of aromatic nitrogens is 2. The van der Waals surface area contributed by atoms with Crippen LogP contribution in [0.5, 0.6) is 10.9 Å². The molecule has 1 aromatic carbocycles. The van der Waals surface area contributed by atoms with E-state index in [2.05, 4.69) is 9.97 Å². The van der Waals surface area contributed by atoms with E-state index in [1.165, 1.54) is 0 Å². The summed E-state index contributed by atoms with van der Waals surface area (Å²) in [6, 6.07) is 9.40. The lowest BCUT2D eigenvalue weighted by Crippen LogP contribution is -1.91. The van der Waals surface area contributed by atoms with Gasteiger partial charge in [0.15, 0.2) is 10.0 Å². The van der Waals surface area contributed by atoms with Crippen LogP contribution in [0.3, 0.4) is 0 Å². The van der Waals surface area contributed by atoms with Gasteiger partial charge >= 0.3 is 5.97 Å². The van der Waals surface area contributed by atoms with Gasteiger partial charge in [0.05, 0.1) is 11.7 Å². The quantitative estimate of drug-likeness (QED) is 0.796. The molecule has 0 fully saturated rings. The van der Waals surface area contributed by atoms with Crippen molar-refractivity contribution in [2.45, 2.75) is 0 Å². The third-order valence-corrected chi connectivity index (χ3v) is 3.84. The molecule has 3 aromatic rings. The van der Waals surface area contributed by atoms with E-state index in [1.807, 2.05) is 24.3 Å². The molecular formula is C13H7ClN2O3S. The van der Waals surface area contributed by atoms with Crippen molar-refractivity contribution in [2.24, 2.45) is 0 Å². The van der Waals surface area contributed by atoms with Crippen LogP contribution in [-0.4, -0.2) is 21.0 Å². The van der Waals surface area contributed by atoms with Crippen molar-refractivity contribution in [1.82, 2.24) is 9.97 Å². The van der Waals surface area contributed by atoms with Gasteiger partial charge in [-0.1, -0.05) is 41.1 Å². The SMILES string of the molecule is O=C(O)c1sc(Oc2cnc3ccccc3c2)nc1Cl. The van der Waals surface area contributed by atoms with E-state index in [-0.39, 0.29) is 15.2 Å². The highest BCUT2D eigenvalue weighted by Gasteiger charge is 2.17.